The number of amides is 1. The molecule has 0 aromatic carbocycles. The van der Waals surface area contributed by atoms with Crippen LogP contribution in [-0.2, 0) is 19.1 Å². The number of ether oxygens (including phenoxy) is 2. The molecule has 166 valence electrons. The first-order valence-electron chi connectivity index (χ1n) is 9.53. The van der Waals surface area contributed by atoms with Gasteiger partial charge < -0.3 is 24.9 Å². The molecule has 2 N–H and O–H groups in total. The van der Waals surface area contributed by atoms with Gasteiger partial charge in [0, 0.05) is 26.3 Å². The average molecular weight is 423 g/mol. The van der Waals surface area contributed by atoms with Crippen molar-refractivity contribution in [3.05, 3.63) is 0 Å². The minimum atomic E-state index is -4.72. The molecule has 0 aromatic heterocycles. The number of alkyl halides is 3. The summed E-state index contributed by atoms with van der Waals surface area (Å²) < 4.78 is 52.0. The molecule has 2 aliphatic heterocycles. The second-order valence-electron chi connectivity index (χ2n) is 8.32. The fourth-order valence-electron chi connectivity index (χ4n) is 3.27. The highest BCUT2D eigenvalue weighted by Crippen LogP contribution is 2.46. The minimum Gasteiger partial charge on any atom is -0.444 e. The first-order chi connectivity index (χ1) is 13.4. The van der Waals surface area contributed by atoms with E-state index >= 15 is 0 Å². The summed E-state index contributed by atoms with van der Waals surface area (Å²) in [6.07, 6.45) is -5.56. The molecule has 0 bridgehead atoms. The van der Waals surface area contributed by atoms with Gasteiger partial charge >= 0.3 is 18.2 Å². The van der Waals surface area contributed by atoms with Crippen LogP contribution in [0.15, 0.2) is 5.16 Å². The number of carbonyl (C=O) groups is 2. The Morgan fingerprint density at radius 1 is 1.14 bits per heavy atom. The van der Waals surface area contributed by atoms with Crippen LogP contribution in [0.5, 0.6) is 0 Å². The third-order valence-electron chi connectivity index (χ3n) is 5.09. The molecule has 2 fully saturated rings. The standard InChI is InChI=1S/C18H28F3N3O5/c1-16(2,3)28-15(26)24-8-6-17(7-9-24,18(19,20)21)14(22)23-29-13(25)12-4-10-27-11-5-12/h12H,4-11H2,1-3H3,(H2,22,23). The Bertz CT molecular complexity index is 632. The number of nitrogens with zero attached hydrogens (tertiary/aromatic N) is 2. The summed E-state index contributed by atoms with van der Waals surface area (Å²) in [4.78, 5) is 30.1. The maximum Gasteiger partial charge on any atom is 0.410 e. The molecular formula is C18H28F3N3O5. The van der Waals surface area contributed by atoms with Gasteiger partial charge in [0.1, 0.15) is 11.0 Å². The fourth-order valence-corrected chi connectivity index (χ4v) is 3.27. The van der Waals surface area contributed by atoms with Gasteiger partial charge in [-0.15, -0.1) is 0 Å². The molecular weight excluding hydrogens is 395 g/mol. The van der Waals surface area contributed by atoms with Crippen LogP contribution < -0.4 is 5.73 Å². The number of piperidine rings is 1. The zero-order chi connectivity index (χ0) is 21.9. The maximum atomic E-state index is 13.9. The lowest BCUT2D eigenvalue weighted by Crippen LogP contribution is -2.56. The van der Waals surface area contributed by atoms with Gasteiger partial charge in [-0.05, 0) is 46.5 Å². The van der Waals surface area contributed by atoms with Crippen molar-refractivity contribution in [3.8, 4) is 0 Å². The predicted octanol–water partition coefficient (Wildman–Crippen LogP) is 2.81. The lowest BCUT2D eigenvalue weighted by atomic mass is 9.76. The summed E-state index contributed by atoms with van der Waals surface area (Å²) in [6.45, 7) is 5.36. The van der Waals surface area contributed by atoms with E-state index in [1.54, 1.807) is 20.8 Å². The third kappa shape index (κ3) is 5.74. The minimum absolute atomic E-state index is 0.210. The van der Waals surface area contributed by atoms with Crippen molar-refractivity contribution in [2.75, 3.05) is 26.3 Å². The van der Waals surface area contributed by atoms with Crippen molar-refractivity contribution < 1.29 is 37.1 Å². The van der Waals surface area contributed by atoms with Gasteiger partial charge in [-0.25, -0.2) is 9.59 Å². The van der Waals surface area contributed by atoms with Crippen LogP contribution in [0.1, 0.15) is 46.5 Å². The lowest BCUT2D eigenvalue weighted by Gasteiger charge is -2.41. The van der Waals surface area contributed by atoms with Crippen molar-refractivity contribution in [2.24, 2.45) is 22.2 Å². The molecule has 0 aromatic rings. The van der Waals surface area contributed by atoms with Gasteiger partial charge in [0.05, 0.1) is 5.92 Å². The fraction of sp³-hybridized carbons (Fsp3) is 0.833. The zero-order valence-electron chi connectivity index (χ0n) is 16.9. The molecule has 0 spiro atoms. The Morgan fingerprint density at radius 2 is 1.69 bits per heavy atom. The summed E-state index contributed by atoms with van der Waals surface area (Å²) in [5.41, 5.74) is 2.44. The second-order valence-corrected chi connectivity index (χ2v) is 8.32. The van der Waals surface area contributed by atoms with E-state index in [1.807, 2.05) is 0 Å². The van der Waals surface area contributed by atoms with Crippen LogP contribution in [-0.4, -0.2) is 60.9 Å². The first kappa shape index (κ1) is 23.2. The van der Waals surface area contributed by atoms with Crippen molar-refractivity contribution in [2.45, 2.75) is 58.2 Å². The zero-order valence-corrected chi connectivity index (χ0v) is 16.9. The molecule has 0 unspecified atom stereocenters. The van der Waals surface area contributed by atoms with E-state index in [0.29, 0.717) is 26.1 Å². The largest absolute Gasteiger partial charge is 0.444 e. The summed E-state index contributed by atoms with van der Waals surface area (Å²) >= 11 is 0. The molecule has 2 rings (SSSR count). The number of nitrogens with two attached hydrogens (primary N) is 1. The van der Waals surface area contributed by atoms with Crippen LogP contribution >= 0.6 is 0 Å². The normalized spacial score (nSPS) is 21.6. The van der Waals surface area contributed by atoms with E-state index in [0.717, 1.165) is 0 Å². The highest BCUT2D eigenvalue weighted by atomic mass is 19.4. The van der Waals surface area contributed by atoms with Crippen molar-refractivity contribution >= 4 is 17.9 Å². The summed E-state index contributed by atoms with van der Waals surface area (Å²) in [6, 6.07) is 0. The van der Waals surface area contributed by atoms with Crippen LogP contribution in [0.25, 0.3) is 0 Å². The van der Waals surface area contributed by atoms with E-state index in [1.165, 1.54) is 4.90 Å². The highest BCUT2D eigenvalue weighted by Gasteiger charge is 2.59. The number of hydrogen-bond donors (Lipinski definition) is 1. The number of likely N-dealkylation sites (tertiary alicyclic amines) is 1. The number of oxime groups is 1. The molecule has 2 aliphatic rings. The van der Waals surface area contributed by atoms with Crippen molar-refractivity contribution in [1.29, 1.82) is 0 Å². The predicted molar refractivity (Wildman–Crippen MR) is 96.8 cm³/mol. The number of carbonyl (C=O) groups excluding carboxylic acids is 2. The van der Waals surface area contributed by atoms with Gasteiger partial charge in [-0.3, -0.25) is 0 Å². The number of halogens is 3. The van der Waals surface area contributed by atoms with E-state index in [4.69, 9.17) is 20.0 Å². The number of hydrogen-bond acceptors (Lipinski definition) is 6. The third-order valence-corrected chi connectivity index (χ3v) is 5.09. The SMILES string of the molecule is CC(C)(C)OC(=O)N1CCC(/C(N)=N/OC(=O)C2CCOCC2)(C(F)(F)F)CC1. The Kier molecular flexibility index (Phi) is 7.02. The van der Waals surface area contributed by atoms with Crippen molar-refractivity contribution in [3.63, 3.8) is 0 Å². The molecule has 11 heteroatoms. The van der Waals surface area contributed by atoms with Gasteiger partial charge in [0.15, 0.2) is 5.84 Å². The molecule has 0 atom stereocenters. The van der Waals surface area contributed by atoms with E-state index < -0.39 is 53.9 Å². The average Bonchev–Trinajstić information content (AvgIpc) is 2.64. The molecule has 0 saturated carbocycles. The Hall–Kier alpha value is -2.04. The molecule has 0 radical (unpaired) electrons. The van der Waals surface area contributed by atoms with E-state index in [9.17, 15) is 22.8 Å². The monoisotopic (exact) mass is 423 g/mol. The molecule has 2 heterocycles. The lowest BCUT2D eigenvalue weighted by molar-refractivity contribution is -0.210. The quantitative estimate of drug-likeness (QED) is 0.324. The molecule has 29 heavy (non-hydrogen) atoms. The van der Waals surface area contributed by atoms with Crippen LogP contribution in [0, 0.1) is 11.3 Å². The van der Waals surface area contributed by atoms with Gasteiger partial charge in [0.2, 0.25) is 0 Å². The molecule has 2 saturated heterocycles. The van der Waals surface area contributed by atoms with Gasteiger partial charge in [-0.2, -0.15) is 13.2 Å². The Labute approximate surface area is 167 Å². The van der Waals surface area contributed by atoms with E-state index in [-0.39, 0.29) is 13.1 Å². The maximum absolute atomic E-state index is 13.9. The smallest absolute Gasteiger partial charge is 0.410 e. The summed E-state index contributed by atoms with van der Waals surface area (Å²) in [5, 5.41) is 3.34. The second kappa shape index (κ2) is 8.76. The summed E-state index contributed by atoms with van der Waals surface area (Å²) in [5.74, 6) is -2.01. The van der Waals surface area contributed by atoms with Gasteiger partial charge in [-0.1, -0.05) is 5.16 Å². The Balaban J connectivity index is 2.07. The summed E-state index contributed by atoms with van der Waals surface area (Å²) in [7, 11) is 0. The number of rotatable bonds is 3. The molecule has 0 aliphatic carbocycles. The first-order valence-corrected chi connectivity index (χ1v) is 9.53. The topological polar surface area (TPSA) is 103 Å². The van der Waals surface area contributed by atoms with Crippen molar-refractivity contribution in [1.82, 2.24) is 4.90 Å². The van der Waals surface area contributed by atoms with Gasteiger partial charge in [0.25, 0.3) is 0 Å². The molecule has 8 nitrogen and oxygen atoms in total. The van der Waals surface area contributed by atoms with E-state index in [2.05, 4.69) is 5.16 Å². The Morgan fingerprint density at radius 3 is 2.17 bits per heavy atom. The van der Waals surface area contributed by atoms with Crippen LogP contribution in [0.3, 0.4) is 0 Å². The van der Waals surface area contributed by atoms with Crippen LogP contribution in [0.2, 0.25) is 0 Å². The molecule has 1 amide bonds. The number of amidine groups is 1. The van der Waals surface area contributed by atoms with Crippen LogP contribution in [0.4, 0.5) is 18.0 Å². The highest BCUT2D eigenvalue weighted by molar-refractivity contribution is 5.88.